The van der Waals surface area contributed by atoms with Crippen LogP contribution in [0.3, 0.4) is 0 Å². The minimum absolute atomic E-state index is 0.0280. The highest BCUT2D eigenvalue weighted by Crippen LogP contribution is 2.33. The predicted molar refractivity (Wildman–Crippen MR) is 65.3 cm³/mol. The number of para-hydroxylation sites is 1. The third-order valence-corrected chi connectivity index (χ3v) is 3.75. The molecule has 1 N–H and O–H groups in total. The van der Waals surface area contributed by atoms with Gasteiger partial charge in [0.25, 0.3) is 0 Å². The second-order valence-corrected chi connectivity index (χ2v) is 4.86. The zero-order valence-corrected chi connectivity index (χ0v) is 10.1. The largest absolute Gasteiger partial charge is 0.492 e. The van der Waals surface area contributed by atoms with Gasteiger partial charge in [-0.25, -0.2) is 0 Å². The van der Waals surface area contributed by atoms with E-state index in [0.717, 1.165) is 29.2 Å². The van der Waals surface area contributed by atoms with E-state index in [0.29, 0.717) is 5.75 Å². The van der Waals surface area contributed by atoms with Gasteiger partial charge in [-0.05, 0) is 18.2 Å². The standard InChI is InChI=1S/C12H16O3S/c1-14-12-9(7-13)3-2-4-11(12)15-10-5-6-16-8-10/h2-4,10,13H,5-8H2,1H3. The number of rotatable bonds is 4. The van der Waals surface area contributed by atoms with Crippen molar-refractivity contribution in [3.8, 4) is 11.5 Å². The Morgan fingerprint density at radius 2 is 2.38 bits per heavy atom. The highest BCUT2D eigenvalue weighted by molar-refractivity contribution is 7.99. The van der Waals surface area contributed by atoms with Crippen LogP contribution in [0.4, 0.5) is 0 Å². The summed E-state index contributed by atoms with van der Waals surface area (Å²) in [5.74, 6) is 3.59. The fraction of sp³-hybridized carbons (Fsp3) is 0.500. The van der Waals surface area contributed by atoms with Gasteiger partial charge in [0.05, 0.1) is 13.7 Å². The van der Waals surface area contributed by atoms with Crippen molar-refractivity contribution in [1.29, 1.82) is 0 Å². The average Bonchev–Trinajstić information content (AvgIpc) is 2.81. The van der Waals surface area contributed by atoms with Crippen LogP contribution in [-0.2, 0) is 6.61 Å². The lowest BCUT2D eigenvalue weighted by Gasteiger charge is -2.17. The quantitative estimate of drug-likeness (QED) is 0.874. The summed E-state index contributed by atoms with van der Waals surface area (Å²) >= 11 is 1.91. The van der Waals surface area contributed by atoms with Crippen LogP contribution in [0.25, 0.3) is 0 Å². The first kappa shape index (κ1) is 11.6. The lowest BCUT2D eigenvalue weighted by molar-refractivity contribution is 0.214. The highest BCUT2D eigenvalue weighted by Gasteiger charge is 2.19. The molecule has 1 saturated heterocycles. The molecule has 1 aliphatic rings. The molecule has 3 nitrogen and oxygen atoms in total. The van der Waals surface area contributed by atoms with Crippen molar-refractivity contribution in [2.75, 3.05) is 18.6 Å². The monoisotopic (exact) mass is 240 g/mol. The molecule has 2 rings (SSSR count). The maximum atomic E-state index is 9.20. The molecule has 1 aromatic carbocycles. The Labute approximate surface area is 99.8 Å². The summed E-state index contributed by atoms with van der Waals surface area (Å²) in [7, 11) is 1.60. The summed E-state index contributed by atoms with van der Waals surface area (Å²) < 4.78 is 11.2. The predicted octanol–water partition coefficient (Wildman–Crippen LogP) is 2.07. The first-order chi connectivity index (χ1) is 7.85. The topological polar surface area (TPSA) is 38.7 Å². The van der Waals surface area contributed by atoms with E-state index in [1.807, 2.05) is 30.0 Å². The number of hydrogen-bond donors (Lipinski definition) is 1. The molecule has 0 aromatic heterocycles. The number of ether oxygens (including phenoxy) is 2. The molecule has 0 radical (unpaired) electrons. The van der Waals surface area contributed by atoms with Crippen molar-refractivity contribution in [2.24, 2.45) is 0 Å². The van der Waals surface area contributed by atoms with Gasteiger partial charge in [0.15, 0.2) is 11.5 Å². The van der Waals surface area contributed by atoms with E-state index < -0.39 is 0 Å². The van der Waals surface area contributed by atoms with Gasteiger partial charge >= 0.3 is 0 Å². The summed E-state index contributed by atoms with van der Waals surface area (Å²) in [6, 6.07) is 5.61. The normalized spacial score (nSPS) is 19.8. The van der Waals surface area contributed by atoms with Crippen LogP contribution >= 0.6 is 11.8 Å². The Morgan fingerprint density at radius 1 is 1.50 bits per heavy atom. The van der Waals surface area contributed by atoms with E-state index in [2.05, 4.69) is 0 Å². The van der Waals surface area contributed by atoms with E-state index in [4.69, 9.17) is 9.47 Å². The zero-order valence-electron chi connectivity index (χ0n) is 9.31. The molecule has 1 unspecified atom stereocenters. The van der Waals surface area contributed by atoms with Crippen LogP contribution in [0.5, 0.6) is 11.5 Å². The fourth-order valence-electron chi connectivity index (χ4n) is 1.80. The van der Waals surface area contributed by atoms with Gasteiger partial charge in [0.1, 0.15) is 6.10 Å². The lowest BCUT2D eigenvalue weighted by Crippen LogP contribution is -2.15. The molecule has 0 saturated carbocycles. The zero-order chi connectivity index (χ0) is 11.4. The maximum Gasteiger partial charge on any atom is 0.166 e. The molecule has 4 heteroatoms. The number of benzene rings is 1. The lowest BCUT2D eigenvalue weighted by atomic mass is 10.2. The summed E-state index contributed by atoms with van der Waals surface area (Å²) in [5, 5.41) is 9.20. The van der Waals surface area contributed by atoms with Gasteiger partial charge in [-0.15, -0.1) is 0 Å². The van der Waals surface area contributed by atoms with Crippen LogP contribution < -0.4 is 9.47 Å². The molecule has 1 aromatic rings. The van der Waals surface area contributed by atoms with Crippen molar-refractivity contribution in [1.82, 2.24) is 0 Å². The molecular formula is C12H16O3S. The third kappa shape index (κ3) is 2.44. The Bertz CT molecular complexity index is 348. The van der Waals surface area contributed by atoms with Crippen molar-refractivity contribution in [3.63, 3.8) is 0 Å². The van der Waals surface area contributed by atoms with Crippen LogP contribution in [0, 0.1) is 0 Å². The van der Waals surface area contributed by atoms with Gasteiger partial charge in [-0.2, -0.15) is 11.8 Å². The van der Waals surface area contributed by atoms with E-state index in [-0.39, 0.29) is 12.7 Å². The molecule has 1 heterocycles. The average molecular weight is 240 g/mol. The molecule has 1 fully saturated rings. The summed E-state index contributed by atoms with van der Waals surface area (Å²) in [5.41, 5.74) is 0.769. The van der Waals surface area contributed by atoms with Gasteiger partial charge in [-0.3, -0.25) is 0 Å². The molecule has 0 aliphatic carbocycles. The van der Waals surface area contributed by atoms with Crippen molar-refractivity contribution in [2.45, 2.75) is 19.1 Å². The van der Waals surface area contributed by atoms with E-state index in [1.165, 1.54) is 0 Å². The van der Waals surface area contributed by atoms with Gasteiger partial charge in [0.2, 0.25) is 0 Å². The van der Waals surface area contributed by atoms with Gasteiger partial charge < -0.3 is 14.6 Å². The summed E-state index contributed by atoms with van der Waals surface area (Å²) in [6.45, 7) is -0.0280. The molecule has 0 amide bonds. The van der Waals surface area contributed by atoms with Crippen LogP contribution in [-0.4, -0.2) is 29.8 Å². The number of thioether (sulfide) groups is 1. The Morgan fingerprint density at radius 3 is 3.00 bits per heavy atom. The SMILES string of the molecule is COc1c(CO)cccc1OC1CCSC1. The Kier molecular flexibility index (Phi) is 3.96. The van der Waals surface area contributed by atoms with Crippen LogP contribution in [0.15, 0.2) is 18.2 Å². The molecular weight excluding hydrogens is 224 g/mol. The van der Waals surface area contributed by atoms with Crippen LogP contribution in [0.2, 0.25) is 0 Å². The second kappa shape index (κ2) is 5.46. The van der Waals surface area contributed by atoms with E-state index in [1.54, 1.807) is 7.11 Å². The Hall–Kier alpha value is -0.870. The molecule has 1 aliphatic heterocycles. The molecule has 88 valence electrons. The Balaban J connectivity index is 2.18. The minimum atomic E-state index is -0.0280. The van der Waals surface area contributed by atoms with Crippen molar-refractivity contribution in [3.05, 3.63) is 23.8 Å². The fourth-order valence-corrected chi connectivity index (χ4v) is 2.89. The van der Waals surface area contributed by atoms with E-state index in [9.17, 15) is 5.11 Å². The van der Waals surface area contributed by atoms with Gasteiger partial charge in [0, 0.05) is 11.3 Å². The molecule has 0 bridgehead atoms. The molecule has 0 spiro atoms. The summed E-state index contributed by atoms with van der Waals surface area (Å²) in [6.07, 6.45) is 1.35. The van der Waals surface area contributed by atoms with E-state index >= 15 is 0 Å². The summed E-state index contributed by atoms with van der Waals surface area (Å²) in [4.78, 5) is 0. The molecule has 1 atom stereocenters. The first-order valence-electron chi connectivity index (χ1n) is 5.36. The third-order valence-electron chi connectivity index (χ3n) is 2.62. The smallest absolute Gasteiger partial charge is 0.166 e. The minimum Gasteiger partial charge on any atom is -0.492 e. The number of aliphatic hydroxyl groups excluding tert-OH is 1. The highest BCUT2D eigenvalue weighted by atomic mass is 32.2. The van der Waals surface area contributed by atoms with Crippen molar-refractivity contribution >= 4 is 11.8 Å². The first-order valence-corrected chi connectivity index (χ1v) is 6.51. The second-order valence-electron chi connectivity index (χ2n) is 3.71. The van der Waals surface area contributed by atoms with Gasteiger partial charge in [-0.1, -0.05) is 12.1 Å². The van der Waals surface area contributed by atoms with Crippen molar-refractivity contribution < 1.29 is 14.6 Å². The van der Waals surface area contributed by atoms with Crippen LogP contribution in [0.1, 0.15) is 12.0 Å². The molecule has 16 heavy (non-hydrogen) atoms. The number of methoxy groups -OCH3 is 1. The number of hydrogen-bond acceptors (Lipinski definition) is 4. The maximum absolute atomic E-state index is 9.20. The number of aliphatic hydroxyl groups is 1.